The van der Waals surface area contributed by atoms with Crippen LogP contribution in [-0.4, -0.2) is 38.2 Å². The molecular weight excluding hydrogens is 378 g/mol. The van der Waals surface area contributed by atoms with E-state index in [4.69, 9.17) is 0 Å². The minimum atomic E-state index is -0.0370. The van der Waals surface area contributed by atoms with Crippen molar-refractivity contribution < 1.29 is 9.59 Å². The van der Waals surface area contributed by atoms with Crippen molar-refractivity contribution >= 4 is 17.5 Å². The first kappa shape index (κ1) is 19.9. The van der Waals surface area contributed by atoms with Crippen molar-refractivity contribution in [3.63, 3.8) is 0 Å². The summed E-state index contributed by atoms with van der Waals surface area (Å²) in [6.45, 7) is 5.44. The number of amides is 1. The zero-order valence-corrected chi connectivity index (χ0v) is 17.3. The summed E-state index contributed by atoms with van der Waals surface area (Å²) < 4.78 is 1.87. The number of aromatic nitrogens is 4. The molecule has 0 fully saturated rings. The third-order valence-electron chi connectivity index (χ3n) is 5.24. The SMILES string of the molecule is Cc1cccc(-c2ccc(CC(=O)CCC(=O)N3CCCn4nc(C)cc43)nn2)c1. The van der Waals surface area contributed by atoms with E-state index in [2.05, 4.69) is 21.4 Å². The maximum atomic E-state index is 12.7. The summed E-state index contributed by atoms with van der Waals surface area (Å²) in [4.78, 5) is 26.8. The number of hydrogen-bond acceptors (Lipinski definition) is 5. The maximum Gasteiger partial charge on any atom is 0.228 e. The third kappa shape index (κ3) is 4.45. The fourth-order valence-corrected chi connectivity index (χ4v) is 3.74. The highest BCUT2D eigenvalue weighted by molar-refractivity contribution is 5.95. The van der Waals surface area contributed by atoms with E-state index in [1.54, 1.807) is 4.90 Å². The molecule has 0 saturated heterocycles. The molecule has 0 saturated carbocycles. The Morgan fingerprint density at radius 1 is 1.00 bits per heavy atom. The van der Waals surface area contributed by atoms with E-state index in [1.165, 1.54) is 0 Å². The van der Waals surface area contributed by atoms with E-state index in [9.17, 15) is 9.59 Å². The summed E-state index contributed by atoms with van der Waals surface area (Å²) >= 11 is 0. The molecule has 3 heterocycles. The van der Waals surface area contributed by atoms with E-state index >= 15 is 0 Å². The van der Waals surface area contributed by atoms with Gasteiger partial charge in [0.15, 0.2) is 0 Å². The summed E-state index contributed by atoms with van der Waals surface area (Å²) in [5.74, 6) is 0.779. The van der Waals surface area contributed by atoms with Crippen molar-refractivity contribution in [2.75, 3.05) is 11.4 Å². The average molecular weight is 403 g/mol. The number of anilines is 1. The van der Waals surface area contributed by atoms with Crippen LogP contribution >= 0.6 is 0 Å². The number of benzene rings is 1. The highest BCUT2D eigenvalue weighted by Gasteiger charge is 2.24. The smallest absolute Gasteiger partial charge is 0.228 e. The van der Waals surface area contributed by atoms with Crippen LogP contribution in [-0.2, 0) is 22.6 Å². The molecular formula is C23H25N5O2. The highest BCUT2D eigenvalue weighted by Crippen LogP contribution is 2.23. The van der Waals surface area contributed by atoms with Crippen LogP contribution in [0.3, 0.4) is 0 Å². The second-order valence-electron chi connectivity index (χ2n) is 7.76. The van der Waals surface area contributed by atoms with Crippen LogP contribution in [0.2, 0.25) is 0 Å². The molecule has 0 spiro atoms. The number of hydrogen-bond donors (Lipinski definition) is 0. The van der Waals surface area contributed by atoms with Gasteiger partial charge in [-0.05, 0) is 38.5 Å². The van der Waals surface area contributed by atoms with E-state index in [-0.39, 0.29) is 31.0 Å². The van der Waals surface area contributed by atoms with Gasteiger partial charge in [-0.25, -0.2) is 4.68 Å². The predicted octanol–water partition coefficient (Wildman–Crippen LogP) is 3.29. The van der Waals surface area contributed by atoms with Gasteiger partial charge in [-0.3, -0.25) is 14.5 Å². The Balaban J connectivity index is 1.32. The zero-order valence-electron chi connectivity index (χ0n) is 17.3. The molecule has 2 aromatic heterocycles. The van der Waals surface area contributed by atoms with E-state index in [0.29, 0.717) is 12.2 Å². The van der Waals surface area contributed by atoms with Gasteiger partial charge in [0.2, 0.25) is 5.91 Å². The lowest BCUT2D eigenvalue weighted by Gasteiger charge is -2.27. The van der Waals surface area contributed by atoms with Crippen molar-refractivity contribution in [2.45, 2.75) is 46.1 Å². The molecule has 7 nitrogen and oxygen atoms in total. The first-order valence-corrected chi connectivity index (χ1v) is 10.3. The normalized spacial score (nSPS) is 13.2. The average Bonchev–Trinajstić information content (AvgIpc) is 3.12. The van der Waals surface area contributed by atoms with Gasteiger partial charge in [0, 0.05) is 37.6 Å². The predicted molar refractivity (Wildman–Crippen MR) is 114 cm³/mol. The molecule has 1 aliphatic heterocycles. The van der Waals surface area contributed by atoms with Crippen molar-refractivity contribution in [1.82, 2.24) is 20.0 Å². The van der Waals surface area contributed by atoms with Crippen LogP contribution in [0.4, 0.5) is 5.82 Å². The molecule has 1 aliphatic rings. The molecule has 1 amide bonds. The topological polar surface area (TPSA) is 81.0 Å². The molecule has 0 unspecified atom stereocenters. The molecule has 3 aromatic rings. The number of rotatable bonds is 6. The molecule has 1 aromatic carbocycles. The molecule has 30 heavy (non-hydrogen) atoms. The van der Waals surface area contributed by atoms with Gasteiger partial charge in [0.25, 0.3) is 0 Å². The standard InChI is InChI=1S/C23H25N5O2/c1-16-5-3-6-18(13-16)21-9-7-19(24-25-21)15-20(29)8-10-23(30)27-11-4-12-28-22(27)14-17(2)26-28/h3,5-7,9,13-14H,4,8,10-12,15H2,1-2H3. The number of carbonyl (C=O) groups excluding carboxylic acids is 2. The van der Waals surface area contributed by atoms with Crippen LogP contribution in [0.25, 0.3) is 11.3 Å². The summed E-state index contributed by atoms with van der Waals surface area (Å²) in [5.41, 5.74) is 4.46. The van der Waals surface area contributed by atoms with E-state index < -0.39 is 0 Å². The van der Waals surface area contributed by atoms with Gasteiger partial charge in [-0.15, -0.1) is 0 Å². The molecule has 0 bridgehead atoms. The van der Waals surface area contributed by atoms with Gasteiger partial charge in [-0.2, -0.15) is 15.3 Å². The van der Waals surface area contributed by atoms with Crippen LogP contribution in [0, 0.1) is 13.8 Å². The number of carbonyl (C=O) groups is 2. The molecule has 0 N–H and O–H groups in total. The number of nitrogens with zero attached hydrogens (tertiary/aromatic N) is 5. The van der Waals surface area contributed by atoms with Crippen molar-refractivity contribution in [3.8, 4) is 11.3 Å². The lowest BCUT2D eigenvalue weighted by molar-refractivity contribution is -0.123. The lowest BCUT2D eigenvalue weighted by atomic mass is 10.1. The summed E-state index contributed by atoms with van der Waals surface area (Å²) in [5, 5.41) is 12.9. The highest BCUT2D eigenvalue weighted by atomic mass is 16.2. The van der Waals surface area contributed by atoms with Crippen LogP contribution in [0.1, 0.15) is 36.2 Å². The van der Waals surface area contributed by atoms with Crippen molar-refractivity contribution in [3.05, 3.63) is 59.4 Å². The maximum absolute atomic E-state index is 12.7. The summed E-state index contributed by atoms with van der Waals surface area (Å²) in [6, 6.07) is 13.7. The third-order valence-corrected chi connectivity index (χ3v) is 5.24. The van der Waals surface area contributed by atoms with Gasteiger partial charge < -0.3 is 0 Å². The second kappa shape index (κ2) is 8.57. The van der Waals surface area contributed by atoms with Crippen LogP contribution in [0.5, 0.6) is 0 Å². The Morgan fingerprint density at radius 2 is 1.87 bits per heavy atom. The first-order chi connectivity index (χ1) is 14.5. The minimum Gasteiger partial charge on any atom is -0.299 e. The number of aryl methyl sites for hydroxylation is 3. The van der Waals surface area contributed by atoms with Crippen LogP contribution in [0.15, 0.2) is 42.5 Å². The van der Waals surface area contributed by atoms with Gasteiger partial charge in [-0.1, -0.05) is 23.8 Å². The Labute approximate surface area is 175 Å². The van der Waals surface area contributed by atoms with Crippen LogP contribution < -0.4 is 4.90 Å². The minimum absolute atomic E-state index is 0.0114. The second-order valence-corrected chi connectivity index (χ2v) is 7.76. The summed E-state index contributed by atoms with van der Waals surface area (Å²) in [7, 11) is 0. The quantitative estimate of drug-likeness (QED) is 0.631. The monoisotopic (exact) mass is 403 g/mol. The largest absolute Gasteiger partial charge is 0.299 e. The van der Waals surface area contributed by atoms with E-state index in [1.807, 2.05) is 54.9 Å². The fraction of sp³-hybridized carbons (Fsp3) is 0.348. The molecule has 0 radical (unpaired) electrons. The molecule has 0 atom stereocenters. The Kier molecular flexibility index (Phi) is 5.70. The number of fused-ring (bicyclic) bond motifs is 1. The lowest BCUT2D eigenvalue weighted by Crippen LogP contribution is -2.37. The van der Waals surface area contributed by atoms with Gasteiger partial charge >= 0.3 is 0 Å². The summed E-state index contributed by atoms with van der Waals surface area (Å²) in [6.07, 6.45) is 1.45. The molecule has 154 valence electrons. The molecule has 7 heteroatoms. The van der Waals surface area contributed by atoms with Crippen molar-refractivity contribution in [1.29, 1.82) is 0 Å². The zero-order chi connectivity index (χ0) is 21.1. The van der Waals surface area contributed by atoms with E-state index in [0.717, 1.165) is 41.3 Å². The Hall–Kier alpha value is -3.35. The van der Waals surface area contributed by atoms with Gasteiger partial charge in [0.1, 0.15) is 11.6 Å². The first-order valence-electron chi connectivity index (χ1n) is 10.3. The fourth-order valence-electron chi connectivity index (χ4n) is 3.74. The van der Waals surface area contributed by atoms with Gasteiger partial charge in [0.05, 0.1) is 23.5 Å². The number of Topliss-reactive ketones (excluding diaryl/α,β-unsaturated/α-hetero) is 1. The van der Waals surface area contributed by atoms with Crippen molar-refractivity contribution in [2.24, 2.45) is 0 Å². The Morgan fingerprint density at radius 3 is 2.63 bits per heavy atom. The number of ketones is 1. The molecule has 4 rings (SSSR count). The Bertz CT molecular complexity index is 1070. The molecule has 0 aliphatic carbocycles.